The van der Waals surface area contributed by atoms with E-state index in [1.54, 1.807) is 18.5 Å². The van der Waals surface area contributed by atoms with Gasteiger partial charge in [-0.3, -0.25) is 0 Å². The molecule has 0 radical (unpaired) electrons. The minimum atomic E-state index is -0.0256. The number of hydrogen-bond donors (Lipinski definition) is 0. The Balaban J connectivity index is 1.52. The summed E-state index contributed by atoms with van der Waals surface area (Å²) in [5.74, 6) is 0. The summed E-state index contributed by atoms with van der Waals surface area (Å²) >= 11 is 0. The topological polar surface area (TPSA) is 67.8 Å². The van der Waals surface area contributed by atoms with Crippen molar-refractivity contribution in [2.45, 2.75) is 12.5 Å². The van der Waals surface area contributed by atoms with E-state index in [0.717, 1.165) is 6.42 Å². The number of morpholine rings is 1. The fourth-order valence-electron chi connectivity index (χ4n) is 2.45. The van der Waals surface area contributed by atoms with E-state index in [0.29, 0.717) is 45.4 Å². The molecule has 7 heteroatoms. The number of carbonyl (C=O) groups is 1. The van der Waals surface area contributed by atoms with Crippen LogP contribution in [0, 0.1) is 0 Å². The molecule has 20 heavy (non-hydrogen) atoms. The van der Waals surface area contributed by atoms with Gasteiger partial charge < -0.3 is 19.3 Å². The summed E-state index contributed by atoms with van der Waals surface area (Å²) in [4.78, 5) is 24.1. The molecule has 1 aromatic rings. The molecule has 1 aromatic heterocycles. The number of amides is 2. The van der Waals surface area contributed by atoms with Crippen molar-refractivity contribution in [3.63, 3.8) is 0 Å². The standard InChI is InChI=1S/C13H18N4O3/c18-13(16-6-8-19-9-7-16)17-5-2-11(10-17)20-12-14-3-1-4-15-12/h1,3-4,11H,2,5-10H2. The molecule has 2 amide bonds. The average molecular weight is 278 g/mol. The van der Waals surface area contributed by atoms with E-state index >= 15 is 0 Å². The fraction of sp³-hybridized carbons (Fsp3) is 0.615. The van der Waals surface area contributed by atoms with Gasteiger partial charge in [0.25, 0.3) is 0 Å². The van der Waals surface area contributed by atoms with Crippen LogP contribution in [0.25, 0.3) is 0 Å². The summed E-state index contributed by atoms with van der Waals surface area (Å²) in [6, 6.07) is 2.20. The molecule has 2 aliphatic heterocycles. The fourth-order valence-corrected chi connectivity index (χ4v) is 2.45. The maximum absolute atomic E-state index is 12.3. The molecular formula is C13H18N4O3. The first-order valence-corrected chi connectivity index (χ1v) is 6.88. The molecule has 108 valence electrons. The van der Waals surface area contributed by atoms with Crippen LogP contribution in [0.1, 0.15) is 6.42 Å². The van der Waals surface area contributed by atoms with Crippen molar-refractivity contribution in [1.29, 1.82) is 0 Å². The summed E-state index contributed by atoms with van der Waals surface area (Å²) < 4.78 is 10.9. The quantitative estimate of drug-likeness (QED) is 0.782. The third-order valence-corrected chi connectivity index (χ3v) is 3.51. The second-order valence-corrected chi connectivity index (χ2v) is 4.89. The van der Waals surface area contributed by atoms with Crippen LogP contribution >= 0.6 is 0 Å². The molecule has 3 rings (SSSR count). The van der Waals surface area contributed by atoms with Crippen LogP contribution in [-0.2, 0) is 4.74 Å². The SMILES string of the molecule is O=C(N1CCOCC1)N1CCC(Oc2ncccn2)C1. The monoisotopic (exact) mass is 278 g/mol. The number of hydrogen-bond acceptors (Lipinski definition) is 5. The van der Waals surface area contributed by atoms with E-state index in [9.17, 15) is 4.79 Å². The van der Waals surface area contributed by atoms with Crippen LogP contribution in [0.15, 0.2) is 18.5 Å². The Morgan fingerprint density at radius 3 is 2.70 bits per heavy atom. The lowest BCUT2D eigenvalue weighted by atomic mass is 10.3. The maximum Gasteiger partial charge on any atom is 0.320 e. The highest BCUT2D eigenvalue weighted by Crippen LogP contribution is 2.16. The highest BCUT2D eigenvalue weighted by atomic mass is 16.5. The average Bonchev–Trinajstić information content (AvgIpc) is 2.97. The molecule has 3 heterocycles. The van der Waals surface area contributed by atoms with Gasteiger partial charge >= 0.3 is 12.0 Å². The Hall–Kier alpha value is -1.89. The van der Waals surface area contributed by atoms with Crippen LogP contribution in [0.5, 0.6) is 6.01 Å². The van der Waals surface area contributed by atoms with Crippen molar-refractivity contribution in [3.05, 3.63) is 18.5 Å². The van der Waals surface area contributed by atoms with Crippen LogP contribution in [0.3, 0.4) is 0 Å². The third-order valence-electron chi connectivity index (χ3n) is 3.51. The van der Waals surface area contributed by atoms with Gasteiger partial charge in [0.1, 0.15) is 6.10 Å². The Morgan fingerprint density at radius 1 is 1.20 bits per heavy atom. The first kappa shape index (κ1) is 13.1. The van der Waals surface area contributed by atoms with Crippen molar-refractivity contribution in [2.24, 2.45) is 0 Å². The smallest absolute Gasteiger partial charge is 0.320 e. The molecule has 2 saturated heterocycles. The predicted molar refractivity (Wildman–Crippen MR) is 70.4 cm³/mol. The van der Waals surface area contributed by atoms with Crippen molar-refractivity contribution in [1.82, 2.24) is 19.8 Å². The lowest BCUT2D eigenvalue weighted by Gasteiger charge is -2.30. The minimum absolute atomic E-state index is 0.0256. The Morgan fingerprint density at radius 2 is 1.95 bits per heavy atom. The van der Waals surface area contributed by atoms with Crippen LogP contribution in [0.4, 0.5) is 4.79 Å². The summed E-state index contributed by atoms with van der Waals surface area (Å²) in [6.45, 7) is 3.89. The molecule has 1 atom stereocenters. The lowest BCUT2D eigenvalue weighted by Crippen LogP contribution is -2.47. The first-order valence-electron chi connectivity index (χ1n) is 6.88. The normalized spacial score (nSPS) is 22.9. The maximum atomic E-state index is 12.3. The summed E-state index contributed by atoms with van der Waals surface area (Å²) in [7, 11) is 0. The number of nitrogens with zero attached hydrogens (tertiary/aromatic N) is 4. The Bertz CT molecular complexity index is 450. The van der Waals surface area contributed by atoms with Gasteiger partial charge in [-0.2, -0.15) is 0 Å². The molecular weight excluding hydrogens is 260 g/mol. The van der Waals surface area contributed by atoms with Gasteiger partial charge in [-0.05, 0) is 6.07 Å². The van der Waals surface area contributed by atoms with Crippen LogP contribution in [0.2, 0.25) is 0 Å². The highest BCUT2D eigenvalue weighted by Gasteiger charge is 2.31. The molecule has 0 bridgehead atoms. The number of rotatable bonds is 2. The van der Waals surface area contributed by atoms with Gasteiger partial charge in [0.2, 0.25) is 0 Å². The number of ether oxygens (including phenoxy) is 2. The van der Waals surface area contributed by atoms with Gasteiger partial charge in [-0.15, -0.1) is 0 Å². The second kappa shape index (κ2) is 6.04. The predicted octanol–water partition coefficient (Wildman–Crippen LogP) is 0.382. The zero-order valence-corrected chi connectivity index (χ0v) is 11.3. The van der Waals surface area contributed by atoms with Crippen molar-refractivity contribution >= 4 is 6.03 Å². The number of aromatic nitrogens is 2. The third kappa shape index (κ3) is 2.98. The van der Waals surface area contributed by atoms with Gasteiger partial charge in [-0.25, -0.2) is 14.8 Å². The van der Waals surface area contributed by atoms with Gasteiger partial charge in [0, 0.05) is 38.4 Å². The Labute approximate surface area is 117 Å². The minimum Gasteiger partial charge on any atom is -0.458 e. The lowest BCUT2D eigenvalue weighted by molar-refractivity contribution is 0.0442. The molecule has 1 unspecified atom stereocenters. The van der Waals surface area contributed by atoms with Crippen LogP contribution < -0.4 is 4.74 Å². The molecule has 7 nitrogen and oxygen atoms in total. The molecule has 0 aromatic carbocycles. The first-order chi connectivity index (χ1) is 9.83. The zero-order valence-electron chi connectivity index (χ0n) is 11.3. The van der Waals surface area contributed by atoms with Gasteiger partial charge in [0.05, 0.1) is 19.8 Å². The van der Waals surface area contributed by atoms with E-state index in [2.05, 4.69) is 9.97 Å². The molecule has 0 aliphatic carbocycles. The van der Waals surface area contributed by atoms with Gasteiger partial charge in [-0.1, -0.05) is 0 Å². The van der Waals surface area contributed by atoms with E-state index in [1.165, 1.54) is 0 Å². The molecule has 0 saturated carbocycles. The van der Waals surface area contributed by atoms with Gasteiger partial charge in [0.15, 0.2) is 0 Å². The number of likely N-dealkylation sites (tertiary alicyclic amines) is 1. The van der Waals surface area contributed by atoms with Crippen molar-refractivity contribution < 1.29 is 14.3 Å². The van der Waals surface area contributed by atoms with E-state index in [1.807, 2.05) is 9.80 Å². The van der Waals surface area contributed by atoms with E-state index in [4.69, 9.17) is 9.47 Å². The van der Waals surface area contributed by atoms with Crippen molar-refractivity contribution in [2.75, 3.05) is 39.4 Å². The molecule has 0 N–H and O–H groups in total. The molecule has 2 aliphatic rings. The van der Waals surface area contributed by atoms with E-state index < -0.39 is 0 Å². The van der Waals surface area contributed by atoms with Crippen LogP contribution in [-0.4, -0.2) is 71.3 Å². The molecule has 0 spiro atoms. The second-order valence-electron chi connectivity index (χ2n) is 4.89. The summed E-state index contributed by atoms with van der Waals surface area (Å²) in [5.41, 5.74) is 0. The Kier molecular flexibility index (Phi) is 3.96. The summed E-state index contributed by atoms with van der Waals surface area (Å²) in [6.07, 6.45) is 4.08. The molecule has 2 fully saturated rings. The zero-order chi connectivity index (χ0) is 13.8. The number of urea groups is 1. The summed E-state index contributed by atoms with van der Waals surface area (Å²) in [5, 5.41) is 0. The van der Waals surface area contributed by atoms with E-state index in [-0.39, 0.29) is 12.1 Å². The van der Waals surface area contributed by atoms with Crippen molar-refractivity contribution in [3.8, 4) is 6.01 Å². The number of carbonyl (C=O) groups excluding carboxylic acids is 1. The largest absolute Gasteiger partial charge is 0.458 e. The highest BCUT2D eigenvalue weighted by molar-refractivity contribution is 5.74.